The number of amides is 2. The number of fused-ring (bicyclic) bond motifs is 1. The number of aromatic nitrogens is 1. The fraction of sp³-hybridized carbons (Fsp3) is 0.407. The van der Waals surface area contributed by atoms with Crippen molar-refractivity contribution in [3.05, 3.63) is 60.0 Å². The van der Waals surface area contributed by atoms with Crippen LogP contribution in [0.5, 0.6) is 0 Å². The molecule has 1 heterocycles. The molecule has 7 heteroatoms. The molecule has 0 saturated carbocycles. The van der Waals surface area contributed by atoms with Crippen molar-refractivity contribution in [1.82, 2.24) is 15.6 Å². The Hall–Kier alpha value is -3.35. The summed E-state index contributed by atoms with van der Waals surface area (Å²) in [5, 5.41) is 6.48. The molecule has 2 atom stereocenters. The van der Waals surface area contributed by atoms with Crippen LogP contribution in [0.25, 0.3) is 22.0 Å². The molecule has 2 amide bonds. The number of nitrogens with one attached hydrogen (secondary N) is 3. The Morgan fingerprint density at radius 1 is 1.00 bits per heavy atom. The normalized spacial score (nSPS) is 13.4. The molecule has 0 aliphatic carbocycles. The van der Waals surface area contributed by atoms with E-state index in [2.05, 4.69) is 29.5 Å². The maximum atomic E-state index is 14.0. The van der Waals surface area contributed by atoms with Crippen molar-refractivity contribution in [1.29, 1.82) is 0 Å². The number of alkyl carbamates (subject to hydrolysis) is 1. The zero-order valence-corrected chi connectivity index (χ0v) is 20.5. The molecule has 6 nitrogen and oxygen atoms in total. The number of carbonyl (C=O) groups excluding carboxylic acids is 2. The van der Waals surface area contributed by atoms with E-state index >= 15 is 0 Å². The number of halogens is 1. The van der Waals surface area contributed by atoms with Gasteiger partial charge in [-0.05, 0) is 62.8 Å². The Labute approximate surface area is 200 Å². The molecule has 0 spiro atoms. The topological polar surface area (TPSA) is 83.2 Å². The summed E-state index contributed by atoms with van der Waals surface area (Å²) in [6, 6.07) is 14.0. The Morgan fingerprint density at radius 2 is 1.65 bits per heavy atom. The van der Waals surface area contributed by atoms with Gasteiger partial charge in [0.15, 0.2) is 0 Å². The van der Waals surface area contributed by atoms with Crippen LogP contribution in [0, 0.1) is 17.7 Å². The van der Waals surface area contributed by atoms with Gasteiger partial charge in [0.25, 0.3) is 5.91 Å². The van der Waals surface area contributed by atoms with Crippen LogP contribution < -0.4 is 10.6 Å². The molecule has 0 bridgehead atoms. The van der Waals surface area contributed by atoms with Crippen LogP contribution in [0.15, 0.2) is 48.5 Å². The van der Waals surface area contributed by atoms with Gasteiger partial charge in [-0.25, -0.2) is 9.18 Å². The fourth-order valence-electron chi connectivity index (χ4n) is 4.02. The van der Waals surface area contributed by atoms with Crippen molar-refractivity contribution in [3.8, 4) is 11.1 Å². The van der Waals surface area contributed by atoms with Crippen molar-refractivity contribution >= 4 is 22.9 Å². The third-order valence-corrected chi connectivity index (χ3v) is 5.46. The summed E-state index contributed by atoms with van der Waals surface area (Å²) in [6.07, 6.45) is 0.392. The number of rotatable bonds is 8. The van der Waals surface area contributed by atoms with Gasteiger partial charge in [0, 0.05) is 29.6 Å². The molecule has 34 heavy (non-hydrogen) atoms. The first-order valence-electron chi connectivity index (χ1n) is 11.6. The minimum atomic E-state index is -0.530. The second kappa shape index (κ2) is 10.7. The van der Waals surface area contributed by atoms with Crippen molar-refractivity contribution in [3.63, 3.8) is 0 Å². The van der Waals surface area contributed by atoms with Gasteiger partial charge in [-0.1, -0.05) is 44.2 Å². The van der Waals surface area contributed by atoms with Crippen LogP contribution >= 0.6 is 0 Å². The number of hydrogen-bond donors (Lipinski definition) is 3. The molecule has 182 valence electrons. The summed E-state index contributed by atoms with van der Waals surface area (Å²) in [4.78, 5) is 28.1. The SMILES string of the molecule is CC(CNC(=O)OC(C)(C)C)C[C@H](C)CNC(=O)c1[nH]c2ccc(F)cc2c1-c1ccccc1. The average molecular weight is 468 g/mol. The number of aromatic amines is 1. The Morgan fingerprint density at radius 3 is 2.29 bits per heavy atom. The largest absolute Gasteiger partial charge is 0.444 e. The second-order valence-electron chi connectivity index (χ2n) is 9.97. The molecule has 3 rings (SSSR count). The zero-order valence-electron chi connectivity index (χ0n) is 20.5. The third-order valence-electron chi connectivity index (χ3n) is 5.46. The zero-order chi connectivity index (χ0) is 24.9. The summed E-state index contributed by atoms with van der Waals surface area (Å²) in [7, 11) is 0. The van der Waals surface area contributed by atoms with Crippen LogP contribution in [-0.2, 0) is 4.74 Å². The lowest BCUT2D eigenvalue weighted by Crippen LogP contribution is -2.35. The van der Waals surface area contributed by atoms with Gasteiger partial charge in [-0.2, -0.15) is 0 Å². The minimum absolute atomic E-state index is 0.196. The van der Waals surface area contributed by atoms with Gasteiger partial charge in [-0.3, -0.25) is 4.79 Å². The first-order chi connectivity index (χ1) is 16.0. The highest BCUT2D eigenvalue weighted by Crippen LogP contribution is 2.33. The lowest BCUT2D eigenvalue weighted by Gasteiger charge is -2.22. The van der Waals surface area contributed by atoms with E-state index in [1.54, 1.807) is 6.07 Å². The molecule has 3 N–H and O–H groups in total. The van der Waals surface area contributed by atoms with Gasteiger partial charge in [0.2, 0.25) is 0 Å². The molecule has 0 fully saturated rings. The lowest BCUT2D eigenvalue weighted by molar-refractivity contribution is 0.0518. The van der Waals surface area contributed by atoms with Gasteiger partial charge in [0.05, 0.1) is 0 Å². The predicted molar refractivity (Wildman–Crippen MR) is 133 cm³/mol. The van der Waals surface area contributed by atoms with Crippen LogP contribution in [-0.4, -0.2) is 35.7 Å². The van der Waals surface area contributed by atoms with Gasteiger partial charge < -0.3 is 20.4 Å². The minimum Gasteiger partial charge on any atom is -0.444 e. The van der Waals surface area contributed by atoms with E-state index in [1.807, 2.05) is 51.1 Å². The maximum absolute atomic E-state index is 14.0. The first-order valence-corrected chi connectivity index (χ1v) is 11.6. The van der Waals surface area contributed by atoms with E-state index in [4.69, 9.17) is 4.74 Å². The highest BCUT2D eigenvalue weighted by Gasteiger charge is 2.21. The molecular formula is C27H34FN3O3. The second-order valence-corrected chi connectivity index (χ2v) is 9.97. The monoisotopic (exact) mass is 467 g/mol. The molecule has 0 saturated heterocycles. The fourth-order valence-corrected chi connectivity index (χ4v) is 4.02. The van der Waals surface area contributed by atoms with Crippen LogP contribution in [0.1, 0.15) is 51.5 Å². The van der Waals surface area contributed by atoms with Crippen molar-refractivity contribution in [2.24, 2.45) is 11.8 Å². The summed E-state index contributed by atoms with van der Waals surface area (Å²) in [6.45, 7) is 10.6. The molecule has 1 unspecified atom stereocenters. The number of ether oxygens (including phenoxy) is 1. The van der Waals surface area contributed by atoms with Gasteiger partial charge >= 0.3 is 6.09 Å². The van der Waals surface area contributed by atoms with E-state index in [0.717, 1.165) is 12.0 Å². The van der Waals surface area contributed by atoms with Gasteiger partial charge in [-0.15, -0.1) is 0 Å². The lowest BCUT2D eigenvalue weighted by atomic mass is 9.97. The Kier molecular flexibility index (Phi) is 7.97. The van der Waals surface area contributed by atoms with E-state index in [1.165, 1.54) is 12.1 Å². The van der Waals surface area contributed by atoms with Crippen molar-refractivity contribution < 1.29 is 18.7 Å². The Bertz CT molecular complexity index is 1140. The maximum Gasteiger partial charge on any atom is 0.407 e. The van der Waals surface area contributed by atoms with Crippen molar-refractivity contribution in [2.45, 2.75) is 46.6 Å². The highest BCUT2D eigenvalue weighted by atomic mass is 19.1. The van der Waals surface area contributed by atoms with Gasteiger partial charge in [0.1, 0.15) is 17.1 Å². The third kappa shape index (κ3) is 6.83. The summed E-state index contributed by atoms with van der Waals surface area (Å²) >= 11 is 0. The van der Waals surface area contributed by atoms with Crippen molar-refractivity contribution in [2.75, 3.05) is 13.1 Å². The molecular weight excluding hydrogens is 433 g/mol. The smallest absolute Gasteiger partial charge is 0.407 e. The summed E-state index contributed by atoms with van der Waals surface area (Å²) < 4.78 is 19.2. The molecule has 0 aliphatic rings. The Balaban J connectivity index is 1.63. The van der Waals surface area contributed by atoms with E-state index in [9.17, 15) is 14.0 Å². The van der Waals surface area contributed by atoms with E-state index < -0.39 is 11.7 Å². The molecule has 1 aromatic heterocycles. The average Bonchev–Trinajstić information content (AvgIpc) is 3.14. The predicted octanol–water partition coefficient (Wildman–Crippen LogP) is 5.89. The van der Waals surface area contributed by atoms with Crippen LogP contribution in [0.3, 0.4) is 0 Å². The number of carbonyl (C=O) groups is 2. The highest BCUT2D eigenvalue weighted by molar-refractivity contribution is 6.09. The van der Waals surface area contributed by atoms with E-state index in [0.29, 0.717) is 35.2 Å². The molecule has 0 radical (unpaired) electrons. The number of H-pyrrole nitrogens is 1. The van der Waals surface area contributed by atoms with E-state index in [-0.39, 0.29) is 23.6 Å². The summed E-state index contributed by atoms with van der Waals surface area (Å²) in [5.74, 6) is -0.170. The number of benzene rings is 2. The summed E-state index contributed by atoms with van der Waals surface area (Å²) in [5.41, 5.74) is 2.13. The molecule has 3 aromatic rings. The van der Waals surface area contributed by atoms with Crippen LogP contribution in [0.2, 0.25) is 0 Å². The number of hydrogen-bond acceptors (Lipinski definition) is 3. The van der Waals surface area contributed by atoms with Crippen LogP contribution in [0.4, 0.5) is 9.18 Å². The molecule has 2 aromatic carbocycles. The quantitative estimate of drug-likeness (QED) is 0.386. The first kappa shape index (κ1) is 25.3. The standard InChI is InChI=1S/C27H34FN3O3/c1-17(13-18(2)16-30-26(33)34-27(3,4)5)15-29-25(32)24-23(19-9-7-6-8-10-19)21-14-20(28)11-12-22(21)31-24/h6-12,14,17-18,31H,13,15-16H2,1-5H3,(H,29,32)(H,30,33)/t17-,18?/m0/s1. The molecule has 0 aliphatic heterocycles.